The van der Waals surface area contributed by atoms with E-state index < -0.39 is 18.4 Å². The summed E-state index contributed by atoms with van der Waals surface area (Å²) in [5, 5.41) is 9.76. The molecule has 0 aliphatic rings. The lowest BCUT2D eigenvalue weighted by molar-refractivity contribution is -0.870. The summed E-state index contributed by atoms with van der Waals surface area (Å²) in [5.74, 6) is -1.98. The predicted molar refractivity (Wildman–Crippen MR) is 378 cm³/mol. The molecule has 0 aromatic heterocycles. The van der Waals surface area contributed by atoms with Crippen LogP contribution in [-0.4, -0.2) is 87.4 Å². The van der Waals surface area contributed by atoms with Gasteiger partial charge in [0, 0.05) is 12.8 Å². The third-order valence-corrected chi connectivity index (χ3v) is 16.7. The molecule has 0 saturated heterocycles. The topological polar surface area (TPSA) is 108 Å². The summed E-state index contributed by atoms with van der Waals surface area (Å²) in [7, 11) is 5.99. The average Bonchev–Trinajstić information content (AvgIpc) is 3.54. The lowest BCUT2D eigenvalue weighted by atomic mass is 10.0. The van der Waals surface area contributed by atoms with Gasteiger partial charge in [-0.2, -0.15) is 0 Å². The van der Waals surface area contributed by atoms with Crippen LogP contribution >= 0.6 is 0 Å². The van der Waals surface area contributed by atoms with Crippen LogP contribution in [0.2, 0.25) is 0 Å². The lowest BCUT2D eigenvalue weighted by Gasteiger charge is -2.25. The number of unbranched alkanes of at least 4 members (excludes halogenated alkanes) is 43. The van der Waals surface area contributed by atoms with E-state index in [4.69, 9.17) is 18.9 Å². The van der Waals surface area contributed by atoms with Gasteiger partial charge < -0.3 is 28.5 Å². The molecule has 0 aromatic carbocycles. The van der Waals surface area contributed by atoms with Crippen LogP contribution in [0, 0.1) is 0 Å². The molecule has 88 heavy (non-hydrogen) atoms. The van der Waals surface area contributed by atoms with Crippen LogP contribution < -0.4 is 0 Å². The minimum atomic E-state index is -1.51. The zero-order chi connectivity index (χ0) is 64.0. The number of ether oxygens (including phenoxy) is 4. The molecule has 0 amide bonds. The number of likely N-dealkylation sites (N-methyl/N-ethyl adjacent to an activating group) is 1. The van der Waals surface area contributed by atoms with Crippen molar-refractivity contribution in [2.45, 2.75) is 367 Å². The van der Waals surface area contributed by atoms with Gasteiger partial charge in [0.2, 0.25) is 0 Å². The zero-order valence-electron chi connectivity index (χ0n) is 58.6. The highest BCUT2D eigenvalue weighted by molar-refractivity contribution is 5.71. The molecular weight excluding hydrogens is 1090 g/mol. The van der Waals surface area contributed by atoms with Gasteiger partial charge in [-0.05, 0) is 64.2 Å². The maximum Gasteiger partial charge on any atom is 0.361 e. The maximum absolute atomic E-state index is 13.0. The molecule has 9 heteroatoms. The van der Waals surface area contributed by atoms with Crippen molar-refractivity contribution in [3.05, 3.63) is 72.9 Å². The molecule has 9 nitrogen and oxygen atoms in total. The van der Waals surface area contributed by atoms with Gasteiger partial charge in [-0.3, -0.25) is 9.59 Å². The van der Waals surface area contributed by atoms with Crippen molar-refractivity contribution in [2.24, 2.45) is 0 Å². The van der Waals surface area contributed by atoms with Crippen molar-refractivity contribution in [1.29, 1.82) is 0 Å². The van der Waals surface area contributed by atoms with Gasteiger partial charge >= 0.3 is 17.9 Å². The van der Waals surface area contributed by atoms with E-state index in [-0.39, 0.29) is 38.2 Å². The maximum atomic E-state index is 13.0. The Balaban J connectivity index is 4.04. The second kappa shape index (κ2) is 69.6. The van der Waals surface area contributed by atoms with E-state index in [9.17, 15) is 19.5 Å². The normalized spacial score (nSPS) is 13.1. The van der Waals surface area contributed by atoms with E-state index in [0.29, 0.717) is 17.4 Å². The number of carboxylic acid groups (broad SMARTS) is 1. The number of aliphatic carboxylic acids is 1. The molecular formula is C79H144NO8+. The van der Waals surface area contributed by atoms with Gasteiger partial charge in [0.25, 0.3) is 6.29 Å². The molecule has 2 atom stereocenters. The van der Waals surface area contributed by atoms with E-state index in [1.54, 1.807) is 0 Å². The Morgan fingerprint density at radius 2 is 0.648 bits per heavy atom. The molecule has 0 aromatic rings. The fourth-order valence-electron chi connectivity index (χ4n) is 11.0. The molecule has 1 N–H and O–H groups in total. The summed E-state index contributed by atoms with van der Waals surface area (Å²) in [6.07, 6.45) is 90.4. The first-order valence-corrected chi connectivity index (χ1v) is 37.6. The third kappa shape index (κ3) is 70.2. The average molecular weight is 1240 g/mol. The Morgan fingerprint density at radius 3 is 0.966 bits per heavy atom. The number of carboxylic acids is 1. The summed E-state index contributed by atoms with van der Waals surface area (Å²) in [5.41, 5.74) is 0. The highest BCUT2D eigenvalue weighted by Gasteiger charge is 2.25. The van der Waals surface area contributed by atoms with Crippen molar-refractivity contribution in [1.82, 2.24) is 0 Å². The fraction of sp³-hybridized carbons (Fsp3) is 0.810. The Labute approximate surface area is 545 Å². The molecule has 0 heterocycles. The molecule has 0 aliphatic carbocycles. The van der Waals surface area contributed by atoms with Crippen molar-refractivity contribution in [3.63, 3.8) is 0 Å². The molecule has 0 fully saturated rings. The number of carbonyl (C=O) groups excluding carboxylic acids is 2. The third-order valence-electron chi connectivity index (χ3n) is 16.7. The largest absolute Gasteiger partial charge is 0.477 e. The zero-order valence-corrected chi connectivity index (χ0v) is 58.6. The van der Waals surface area contributed by atoms with Crippen molar-refractivity contribution in [2.75, 3.05) is 47.5 Å². The van der Waals surface area contributed by atoms with Gasteiger partial charge in [0.05, 0.1) is 34.4 Å². The molecule has 0 rings (SSSR count). The van der Waals surface area contributed by atoms with Gasteiger partial charge in [-0.1, -0.05) is 350 Å². The molecule has 0 bridgehead atoms. The summed E-state index contributed by atoms with van der Waals surface area (Å²) in [6.45, 7) is 4.82. The molecule has 0 spiro atoms. The smallest absolute Gasteiger partial charge is 0.361 e. The number of hydrogen-bond donors (Lipinski definition) is 1. The summed E-state index contributed by atoms with van der Waals surface area (Å²) in [6, 6.07) is 0. The van der Waals surface area contributed by atoms with Crippen LogP contribution in [0.5, 0.6) is 0 Å². The highest BCUT2D eigenvalue weighted by Crippen LogP contribution is 2.19. The molecule has 2 unspecified atom stereocenters. The quantitative estimate of drug-likeness (QED) is 0.0211. The van der Waals surface area contributed by atoms with Crippen molar-refractivity contribution < 1.29 is 42.9 Å². The number of esters is 2. The lowest BCUT2D eigenvalue weighted by Crippen LogP contribution is -2.40. The summed E-state index contributed by atoms with van der Waals surface area (Å²) < 4.78 is 23.0. The highest BCUT2D eigenvalue weighted by atomic mass is 16.7. The number of quaternary nitrogens is 1. The van der Waals surface area contributed by atoms with Crippen molar-refractivity contribution in [3.8, 4) is 0 Å². The SMILES string of the molecule is CC/C=C\C/C=C\C/C=C\C/C=C\C/C=C\C/C=C\CCCCCCCCCCCCCCCCCCC(=O)OC(COC(=O)CCCCCCCCCCCCCCCCCCCCCCCCCCCCCC)COC(OCC[N+](C)(C)C)C(=O)O. The Kier molecular flexibility index (Phi) is 67.0. The van der Waals surface area contributed by atoms with Gasteiger partial charge in [0.15, 0.2) is 6.10 Å². The minimum absolute atomic E-state index is 0.178. The Hall–Kier alpha value is -3.27. The van der Waals surface area contributed by atoms with Gasteiger partial charge in [-0.15, -0.1) is 0 Å². The Bertz CT molecular complexity index is 1680. The van der Waals surface area contributed by atoms with E-state index in [2.05, 4.69) is 86.8 Å². The van der Waals surface area contributed by atoms with Crippen LogP contribution in [0.25, 0.3) is 0 Å². The Morgan fingerprint density at radius 1 is 0.352 bits per heavy atom. The number of rotatable bonds is 70. The van der Waals surface area contributed by atoms with E-state index >= 15 is 0 Å². The standard InChI is InChI=1S/C79H143NO8/c1-6-8-10-12-14-16-18-20-22-24-26-28-30-32-34-36-37-38-39-40-41-42-44-46-48-50-52-54-56-58-60-62-64-66-68-70-77(82)88-75(74-87-79(78(83)84)85-72-71-80(3,4)5)73-86-76(81)69-67-65-63-61-59-57-55-53-51-49-47-45-43-35-33-31-29-27-25-23-21-19-17-15-13-11-9-7-2/h8,10,14,16,20,22,26,28,32,34,37-38,75,79H,6-7,9,11-13,15,17-19,21,23-25,27,29-31,33,35-36,39-74H2,1-5H3/p+1/b10-8-,16-14-,22-20-,28-26-,34-32-,38-37-. The predicted octanol–water partition coefficient (Wildman–Crippen LogP) is 23.6. The fourth-order valence-corrected chi connectivity index (χ4v) is 11.0. The van der Waals surface area contributed by atoms with Crippen LogP contribution in [0.3, 0.4) is 0 Å². The summed E-state index contributed by atoms with van der Waals surface area (Å²) >= 11 is 0. The number of hydrogen-bond acceptors (Lipinski definition) is 7. The number of carbonyl (C=O) groups is 3. The van der Waals surface area contributed by atoms with Crippen LogP contribution in [0.4, 0.5) is 0 Å². The summed E-state index contributed by atoms with van der Waals surface area (Å²) in [4.78, 5) is 37.7. The molecule has 0 radical (unpaired) electrons. The second-order valence-corrected chi connectivity index (χ2v) is 26.6. The second-order valence-electron chi connectivity index (χ2n) is 26.6. The monoisotopic (exact) mass is 1240 g/mol. The molecule has 0 saturated carbocycles. The van der Waals surface area contributed by atoms with Gasteiger partial charge in [0.1, 0.15) is 13.2 Å². The molecule has 512 valence electrons. The van der Waals surface area contributed by atoms with Crippen LogP contribution in [0.1, 0.15) is 354 Å². The number of nitrogens with zero attached hydrogens (tertiary/aromatic N) is 1. The van der Waals surface area contributed by atoms with E-state index in [0.717, 1.165) is 77.0 Å². The first kappa shape index (κ1) is 84.7. The van der Waals surface area contributed by atoms with E-state index in [1.165, 1.54) is 250 Å². The van der Waals surface area contributed by atoms with Gasteiger partial charge in [-0.25, -0.2) is 4.79 Å². The number of allylic oxidation sites excluding steroid dienone is 12. The van der Waals surface area contributed by atoms with E-state index in [1.807, 2.05) is 21.1 Å². The first-order chi connectivity index (χ1) is 43.1. The minimum Gasteiger partial charge on any atom is -0.477 e. The van der Waals surface area contributed by atoms with Crippen LogP contribution in [-0.2, 0) is 33.3 Å². The molecule has 0 aliphatic heterocycles. The first-order valence-electron chi connectivity index (χ1n) is 37.6. The van der Waals surface area contributed by atoms with Crippen LogP contribution in [0.15, 0.2) is 72.9 Å². The van der Waals surface area contributed by atoms with Crippen molar-refractivity contribution >= 4 is 17.9 Å².